The first kappa shape index (κ1) is 19.7. The van der Waals surface area contributed by atoms with Crippen LogP contribution in [-0.2, 0) is 9.59 Å². The number of aliphatic hydroxyl groups excluding tert-OH is 1. The van der Waals surface area contributed by atoms with Crippen molar-refractivity contribution >= 4 is 11.8 Å². The molecule has 4 aliphatic carbocycles. The average Bonchev–Trinajstić information content (AvgIpc) is 2.81. The molecule has 0 aliphatic heterocycles. The molecule has 0 aromatic heterocycles. The van der Waals surface area contributed by atoms with Crippen LogP contribution in [0.2, 0.25) is 0 Å². The molecule has 0 saturated heterocycles. The molecule has 2 unspecified atom stereocenters. The molecule has 0 spiro atoms. The average molecular weight is 396 g/mol. The van der Waals surface area contributed by atoms with Crippen molar-refractivity contribution < 1.29 is 33.7 Å². The van der Waals surface area contributed by atoms with Crippen LogP contribution in [0.3, 0.4) is 0 Å². The Morgan fingerprint density at radius 2 is 1.89 bits per heavy atom. The first-order valence-electron chi connectivity index (χ1n) is 9.76. The van der Waals surface area contributed by atoms with Crippen LogP contribution in [-0.4, -0.2) is 50.6 Å². The Labute approximate surface area is 162 Å². The lowest BCUT2D eigenvalue weighted by Gasteiger charge is -2.62. The van der Waals surface area contributed by atoms with Gasteiger partial charge in [-0.15, -0.1) is 0 Å². The first-order valence-corrected chi connectivity index (χ1v) is 9.76. The molecular weight excluding hydrogens is 370 g/mol. The molecule has 28 heavy (non-hydrogen) atoms. The molecule has 0 aromatic carbocycles. The molecule has 0 radical (unpaired) electrons. The van der Waals surface area contributed by atoms with E-state index in [1.165, 1.54) is 19.1 Å². The van der Waals surface area contributed by atoms with E-state index >= 15 is 8.78 Å². The monoisotopic (exact) mass is 396 g/mol. The van der Waals surface area contributed by atoms with Gasteiger partial charge in [0.15, 0.2) is 17.1 Å². The van der Waals surface area contributed by atoms with Crippen molar-refractivity contribution in [2.75, 3.05) is 0 Å². The number of carboxylic acid groups (broad SMARTS) is 1. The van der Waals surface area contributed by atoms with Crippen molar-refractivity contribution in [3.05, 3.63) is 23.8 Å². The number of halogens is 2. The van der Waals surface area contributed by atoms with Gasteiger partial charge in [-0.1, -0.05) is 19.9 Å². The van der Waals surface area contributed by atoms with Crippen LogP contribution < -0.4 is 0 Å². The summed E-state index contributed by atoms with van der Waals surface area (Å²) in [7, 11) is 0. The van der Waals surface area contributed by atoms with Gasteiger partial charge in [-0.25, -0.2) is 13.6 Å². The van der Waals surface area contributed by atoms with E-state index in [0.717, 1.165) is 6.08 Å². The number of allylic oxidation sites excluding steroid dienone is 4. The number of carbonyl (C=O) groups is 2. The third-order valence-corrected chi connectivity index (χ3v) is 8.54. The van der Waals surface area contributed by atoms with Gasteiger partial charge in [0, 0.05) is 16.7 Å². The Morgan fingerprint density at radius 1 is 1.25 bits per heavy atom. The fourth-order valence-corrected chi connectivity index (χ4v) is 7.00. The molecule has 0 aromatic rings. The zero-order valence-electron chi connectivity index (χ0n) is 16.2. The largest absolute Gasteiger partial charge is 0.479 e. The van der Waals surface area contributed by atoms with Crippen LogP contribution in [0.15, 0.2) is 23.8 Å². The number of hydrogen-bond acceptors (Lipinski definition) is 4. The second kappa shape index (κ2) is 5.51. The van der Waals surface area contributed by atoms with E-state index in [-0.39, 0.29) is 24.8 Å². The zero-order chi connectivity index (χ0) is 20.9. The summed E-state index contributed by atoms with van der Waals surface area (Å²) in [6, 6.07) is 0. The summed E-state index contributed by atoms with van der Waals surface area (Å²) in [6.07, 6.45) is 0.214. The highest BCUT2D eigenvalue weighted by Crippen LogP contribution is 2.70. The molecule has 3 N–H and O–H groups in total. The lowest BCUT2D eigenvalue weighted by atomic mass is 9.44. The molecule has 5 nitrogen and oxygen atoms in total. The van der Waals surface area contributed by atoms with Gasteiger partial charge in [-0.05, 0) is 55.7 Å². The summed E-state index contributed by atoms with van der Waals surface area (Å²) in [6.45, 7) is 4.67. The van der Waals surface area contributed by atoms with E-state index in [1.54, 1.807) is 13.8 Å². The molecule has 9 atom stereocenters. The minimum Gasteiger partial charge on any atom is -0.479 e. The molecule has 7 heteroatoms. The molecule has 154 valence electrons. The highest BCUT2D eigenvalue weighted by Gasteiger charge is 2.76. The Morgan fingerprint density at radius 3 is 2.50 bits per heavy atom. The molecule has 3 saturated carbocycles. The second-order valence-corrected chi connectivity index (χ2v) is 9.57. The van der Waals surface area contributed by atoms with Crippen LogP contribution in [0.25, 0.3) is 0 Å². The Hall–Kier alpha value is -1.60. The van der Waals surface area contributed by atoms with Crippen LogP contribution >= 0.6 is 0 Å². The van der Waals surface area contributed by atoms with Crippen molar-refractivity contribution in [1.82, 2.24) is 0 Å². The maximum absolute atomic E-state index is 16.8. The number of alkyl halides is 2. The minimum atomic E-state index is -2.26. The van der Waals surface area contributed by atoms with E-state index in [1.807, 2.05) is 0 Å². The van der Waals surface area contributed by atoms with Crippen molar-refractivity contribution in [3.63, 3.8) is 0 Å². The predicted molar refractivity (Wildman–Crippen MR) is 95.8 cm³/mol. The smallest absolute Gasteiger partial charge is 0.336 e. The third-order valence-electron chi connectivity index (χ3n) is 8.54. The van der Waals surface area contributed by atoms with Crippen LogP contribution in [0.5, 0.6) is 0 Å². The Bertz CT molecular complexity index is 824. The number of carboxylic acids is 1. The van der Waals surface area contributed by atoms with Crippen molar-refractivity contribution in [1.29, 1.82) is 0 Å². The molecule has 0 amide bonds. The van der Waals surface area contributed by atoms with E-state index < -0.39 is 63.9 Å². The number of rotatable bonds is 1. The predicted octanol–water partition coefficient (Wildman–Crippen LogP) is 2.37. The fraction of sp³-hybridized carbons (Fsp3) is 0.714. The highest BCUT2D eigenvalue weighted by molar-refractivity contribution is 6.01. The highest BCUT2D eigenvalue weighted by atomic mass is 19.1. The summed E-state index contributed by atoms with van der Waals surface area (Å²) in [5.41, 5.74) is -7.14. The molecule has 4 aliphatic rings. The Balaban J connectivity index is 1.88. The van der Waals surface area contributed by atoms with Gasteiger partial charge in [0.25, 0.3) is 0 Å². The molecule has 0 heterocycles. The van der Waals surface area contributed by atoms with E-state index in [9.17, 15) is 24.9 Å². The first-order chi connectivity index (χ1) is 12.8. The topological polar surface area (TPSA) is 94.8 Å². The number of carbonyl (C=O) groups excluding carboxylic acids is 1. The van der Waals surface area contributed by atoms with Crippen LogP contribution in [0.4, 0.5) is 8.78 Å². The number of hydrogen-bond donors (Lipinski definition) is 3. The molecule has 0 bridgehead atoms. The van der Waals surface area contributed by atoms with Crippen molar-refractivity contribution in [2.45, 2.75) is 63.6 Å². The van der Waals surface area contributed by atoms with Crippen LogP contribution in [0.1, 0.15) is 40.0 Å². The number of fused-ring (bicyclic) bond motifs is 5. The van der Waals surface area contributed by atoms with E-state index in [2.05, 4.69) is 0 Å². The van der Waals surface area contributed by atoms with Gasteiger partial charge < -0.3 is 15.3 Å². The zero-order valence-corrected chi connectivity index (χ0v) is 16.2. The maximum Gasteiger partial charge on any atom is 0.336 e. The summed E-state index contributed by atoms with van der Waals surface area (Å²) in [4.78, 5) is 23.7. The fourth-order valence-electron chi connectivity index (χ4n) is 7.00. The number of aliphatic carboxylic acids is 1. The van der Waals surface area contributed by atoms with E-state index in [0.29, 0.717) is 0 Å². The summed E-state index contributed by atoms with van der Waals surface area (Å²) in [5.74, 6) is -4.07. The maximum atomic E-state index is 16.8. The Kier molecular flexibility index (Phi) is 3.88. The molecule has 3 fully saturated rings. The number of aliphatic hydroxyl groups is 2. The molecular formula is C21H26F2O5. The van der Waals surface area contributed by atoms with Gasteiger partial charge in [0.1, 0.15) is 6.17 Å². The van der Waals surface area contributed by atoms with Gasteiger partial charge in [-0.2, -0.15) is 0 Å². The lowest BCUT2D eigenvalue weighted by molar-refractivity contribution is -0.229. The van der Waals surface area contributed by atoms with Gasteiger partial charge in [0.05, 0.1) is 6.10 Å². The quantitative estimate of drug-likeness (QED) is 0.633. The summed E-state index contributed by atoms with van der Waals surface area (Å²) < 4.78 is 31.9. The third kappa shape index (κ3) is 1.92. The number of ketones is 1. The summed E-state index contributed by atoms with van der Waals surface area (Å²) in [5, 5.41) is 31.8. The molecule has 4 rings (SSSR count). The van der Waals surface area contributed by atoms with Gasteiger partial charge >= 0.3 is 5.97 Å². The standard InChI is InChI=1S/C21H26F2O5/c1-10-6-12-13-8-15(22)14-7-11(24)4-5-18(14,2)20(13,23)16(25)9-19(12,3)21(10,28)17(26)27/h4-5,7,10,12-13,15-16,25,28H,6,8-9H2,1-3H3,(H,26,27)/t10?,12-,13-,15-,16?,18-,19-,20-,21-/m0/s1. The van der Waals surface area contributed by atoms with Crippen LogP contribution in [0, 0.1) is 28.6 Å². The van der Waals surface area contributed by atoms with Crippen molar-refractivity contribution in [3.8, 4) is 0 Å². The SMILES string of the molecule is CC1C[C@H]2[C@@H]3C[C@H](F)C4=CC(=O)C=C[C@]4(C)[C@@]3(F)C(O)C[C@]2(C)[C@@]1(O)C(=O)O. The normalized spacial score (nSPS) is 55.2. The van der Waals surface area contributed by atoms with E-state index in [4.69, 9.17) is 0 Å². The summed E-state index contributed by atoms with van der Waals surface area (Å²) >= 11 is 0. The second-order valence-electron chi connectivity index (χ2n) is 9.57. The minimum absolute atomic E-state index is 0.0287. The lowest BCUT2D eigenvalue weighted by Crippen LogP contribution is -2.70. The van der Waals surface area contributed by atoms with Crippen molar-refractivity contribution in [2.24, 2.45) is 28.6 Å². The van der Waals surface area contributed by atoms with Gasteiger partial charge in [-0.3, -0.25) is 4.79 Å². The van der Waals surface area contributed by atoms with Gasteiger partial charge in [0.2, 0.25) is 0 Å².